The normalized spacial score (nSPS) is 17.3. The van der Waals surface area contributed by atoms with Gasteiger partial charge < -0.3 is 10.2 Å². The number of hydrogen-bond donors (Lipinski definition) is 1. The molecule has 1 amide bonds. The number of halogens is 1. The highest BCUT2D eigenvalue weighted by molar-refractivity contribution is 6.32. The molecule has 6 heteroatoms. The minimum Gasteiger partial charge on any atom is -0.357 e. The number of carbonyl (C=O) groups excluding carboxylic acids is 1. The fraction of sp³-hybridized carbons (Fsp3) is 0.583. The van der Waals surface area contributed by atoms with Crippen molar-refractivity contribution in [2.75, 3.05) is 18.4 Å². The van der Waals surface area contributed by atoms with Crippen LogP contribution in [0.1, 0.15) is 26.2 Å². The van der Waals surface area contributed by atoms with Crippen LogP contribution in [0.4, 0.5) is 5.82 Å². The van der Waals surface area contributed by atoms with Crippen LogP contribution in [0.3, 0.4) is 0 Å². The highest BCUT2D eigenvalue weighted by atomic mass is 35.5. The molecule has 1 fully saturated rings. The smallest absolute Gasteiger partial charge is 0.244 e. The maximum Gasteiger partial charge on any atom is 0.244 e. The third kappa shape index (κ3) is 3.10. The maximum absolute atomic E-state index is 12.2. The minimum absolute atomic E-state index is 0.101. The van der Waals surface area contributed by atoms with Gasteiger partial charge in [-0.05, 0) is 26.2 Å². The van der Waals surface area contributed by atoms with Gasteiger partial charge in [0, 0.05) is 13.1 Å². The van der Waals surface area contributed by atoms with Crippen molar-refractivity contribution in [3.05, 3.63) is 17.5 Å². The number of carbonyl (C=O) groups is 1. The Bertz CT molecular complexity index is 420. The highest BCUT2D eigenvalue weighted by Crippen LogP contribution is 2.18. The lowest BCUT2D eigenvalue weighted by Crippen LogP contribution is -2.44. The van der Waals surface area contributed by atoms with E-state index in [0.717, 1.165) is 25.9 Å². The van der Waals surface area contributed by atoms with Crippen molar-refractivity contribution in [1.29, 1.82) is 0 Å². The van der Waals surface area contributed by atoms with Gasteiger partial charge in [0.2, 0.25) is 5.91 Å². The van der Waals surface area contributed by atoms with Crippen molar-refractivity contribution in [1.82, 2.24) is 14.9 Å². The van der Waals surface area contributed by atoms with Gasteiger partial charge in [-0.3, -0.25) is 4.79 Å². The number of hydrogen-bond acceptors (Lipinski definition) is 4. The van der Waals surface area contributed by atoms with E-state index in [9.17, 15) is 4.79 Å². The van der Waals surface area contributed by atoms with E-state index < -0.39 is 0 Å². The van der Waals surface area contributed by atoms with Crippen LogP contribution < -0.4 is 5.32 Å². The van der Waals surface area contributed by atoms with E-state index in [1.54, 1.807) is 0 Å². The second-order valence-electron chi connectivity index (χ2n) is 4.47. The van der Waals surface area contributed by atoms with Gasteiger partial charge in [-0.15, -0.1) is 0 Å². The Labute approximate surface area is 112 Å². The van der Waals surface area contributed by atoms with E-state index in [2.05, 4.69) is 15.3 Å². The Kier molecular flexibility index (Phi) is 4.36. The van der Waals surface area contributed by atoms with Crippen molar-refractivity contribution in [2.45, 2.75) is 32.2 Å². The second-order valence-corrected chi connectivity index (χ2v) is 4.88. The van der Waals surface area contributed by atoms with Crippen LogP contribution in [0.5, 0.6) is 0 Å². The molecule has 1 unspecified atom stereocenters. The molecule has 0 bridgehead atoms. The summed E-state index contributed by atoms with van der Waals surface area (Å²) in [5.41, 5.74) is 0. The molecule has 0 aliphatic carbocycles. The lowest BCUT2D eigenvalue weighted by molar-refractivity contribution is -0.132. The topological polar surface area (TPSA) is 58.1 Å². The van der Waals surface area contributed by atoms with Gasteiger partial charge in [0.15, 0.2) is 0 Å². The Morgan fingerprint density at radius 3 is 2.83 bits per heavy atom. The van der Waals surface area contributed by atoms with Crippen LogP contribution in [0.2, 0.25) is 5.02 Å². The maximum atomic E-state index is 12.2. The number of amides is 1. The first-order valence-electron chi connectivity index (χ1n) is 6.19. The largest absolute Gasteiger partial charge is 0.357 e. The molecule has 1 aromatic heterocycles. The van der Waals surface area contributed by atoms with Crippen LogP contribution >= 0.6 is 11.6 Å². The third-order valence-corrected chi connectivity index (χ3v) is 3.34. The molecule has 18 heavy (non-hydrogen) atoms. The van der Waals surface area contributed by atoms with Crippen LogP contribution in [0.15, 0.2) is 12.5 Å². The van der Waals surface area contributed by atoms with E-state index in [1.165, 1.54) is 18.9 Å². The van der Waals surface area contributed by atoms with Crippen molar-refractivity contribution >= 4 is 23.3 Å². The van der Waals surface area contributed by atoms with Gasteiger partial charge in [-0.1, -0.05) is 11.6 Å². The summed E-state index contributed by atoms with van der Waals surface area (Å²) in [6.07, 6.45) is 6.31. The van der Waals surface area contributed by atoms with Gasteiger partial charge in [0.05, 0.1) is 6.20 Å². The summed E-state index contributed by atoms with van der Waals surface area (Å²) in [5.74, 6) is 0.605. The first-order chi connectivity index (χ1) is 8.68. The molecular formula is C12H17ClN4O. The van der Waals surface area contributed by atoms with E-state index in [1.807, 2.05) is 11.8 Å². The fourth-order valence-electron chi connectivity index (χ4n) is 2.07. The molecule has 1 aromatic rings. The lowest BCUT2D eigenvalue weighted by atomic mass is 10.1. The molecule has 0 spiro atoms. The summed E-state index contributed by atoms with van der Waals surface area (Å²) in [4.78, 5) is 21.9. The van der Waals surface area contributed by atoms with Crippen molar-refractivity contribution in [3.8, 4) is 0 Å². The van der Waals surface area contributed by atoms with Gasteiger partial charge in [-0.25, -0.2) is 9.97 Å². The minimum atomic E-state index is -0.324. The molecule has 0 radical (unpaired) electrons. The van der Waals surface area contributed by atoms with Crippen LogP contribution in [0.25, 0.3) is 0 Å². The first kappa shape index (κ1) is 13.1. The molecule has 1 aliphatic heterocycles. The van der Waals surface area contributed by atoms with Crippen molar-refractivity contribution in [2.24, 2.45) is 0 Å². The number of likely N-dealkylation sites (tertiary alicyclic amines) is 1. The predicted octanol–water partition coefficient (Wildman–Crippen LogP) is 1.94. The number of nitrogens with one attached hydrogen (secondary N) is 1. The second kappa shape index (κ2) is 6.00. The lowest BCUT2D eigenvalue weighted by Gasteiger charge is -2.29. The van der Waals surface area contributed by atoms with Gasteiger partial charge >= 0.3 is 0 Å². The Morgan fingerprint density at radius 1 is 1.44 bits per heavy atom. The zero-order valence-electron chi connectivity index (χ0n) is 10.4. The number of piperidine rings is 1. The predicted molar refractivity (Wildman–Crippen MR) is 70.6 cm³/mol. The molecule has 98 valence electrons. The molecule has 1 aliphatic rings. The molecule has 0 aromatic carbocycles. The average Bonchev–Trinajstić information content (AvgIpc) is 2.41. The Morgan fingerprint density at radius 2 is 2.17 bits per heavy atom. The molecular weight excluding hydrogens is 252 g/mol. The molecule has 2 rings (SSSR count). The zero-order chi connectivity index (χ0) is 13.0. The molecule has 2 heterocycles. The summed E-state index contributed by atoms with van der Waals surface area (Å²) in [7, 11) is 0. The van der Waals surface area contributed by atoms with E-state index >= 15 is 0 Å². The van der Waals surface area contributed by atoms with Crippen LogP contribution in [-0.2, 0) is 4.79 Å². The van der Waals surface area contributed by atoms with Gasteiger partial charge in [0.1, 0.15) is 23.2 Å². The summed E-state index contributed by atoms with van der Waals surface area (Å²) < 4.78 is 0. The van der Waals surface area contributed by atoms with Crippen LogP contribution in [0, 0.1) is 0 Å². The van der Waals surface area contributed by atoms with Gasteiger partial charge in [0.25, 0.3) is 0 Å². The highest BCUT2D eigenvalue weighted by Gasteiger charge is 2.22. The average molecular weight is 269 g/mol. The quantitative estimate of drug-likeness (QED) is 0.910. The van der Waals surface area contributed by atoms with Gasteiger partial charge in [-0.2, -0.15) is 0 Å². The zero-order valence-corrected chi connectivity index (χ0v) is 11.2. The van der Waals surface area contributed by atoms with Crippen molar-refractivity contribution < 1.29 is 4.79 Å². The van der Waals surface area contributed by atoms with Crippen LogP contribution in [-0.4, -0.2) is 39.9 Å². The summed E-state index contributed by atoms with van der Waals surface area (Å²) in [6, 6.07) is -0.324. The molecule has 1 saturated heterocycles. The number of aromatic nitrogens is 2. The summed E-state index contributed by atoms with van der Waals surface area (Å²) in [6.45, 7) is 3.53. The summed E-state index contributed by atoms with van der Waals surface area (Å²) in [5, 5.41) is 3.46. The number of rotatable bonds is 3. The molecule has 0 saturated carbocycles. The van der Waals surface area contributed by atoms with E-state index in [0.29, 0.717) is 10.8 Å². The van der Waals surface area contributed by atoms with E-state index in [4.69, 9.17) is 11.6 Å². The van der Waals surface area contributed by atoms with E-state index in [-0.39, 0.29) is 11.9 Å². The molecule has 5 nitrogen and oxygen atoms in total. The Balaban J connectivity index is 1.96. The standard InChI is InChI=1S/C12H17ClN4O/c1-9(12(18)17-5-3-2-4-6-17)16-11-10(13)7-14-8-15-11/h7-9H,2-6H2,1H3,(H,14,15,16). The monoisotopic (exact) mass is 268 g/mol. The first-order valence-corrected chi connectivity index (χ1v) is 6.57. The Hall–Kier alpha value is -1.36. The number of nitrogens with zero attached hydrogens (tertiary/aromatic N) is 3. The SMILES string of the molecule is CC(Nc1ncncc1Cl)C(=O)N1CCCCC1. The van der Waals surface area contributed by atoms with Crippen molar-refractivity contribution in [3.63, 3.8) is 0 Å². The molecule has 1 atom stereocenters. The third-order valence-electron chi connectivity index (χ3n) is 3.06. The summed E-state index contributed by atoms with van der Waals surface area (Å²) >= 11 is 5.95. The molecule has 1 N–H and O–H groups in total. The number of anilines is 1. The fourth-order valence-corrected chi connectivity index (χ4v) is 2.23.